The molecule has 0 spiro atoms. The molecule has 2 rings (SSSR count). The molecule has 0 aliphatic heterocycles. The van der Waals surface area contributed by atoms with Crippen molar-refractivity contribution < 1.29 is 18.0 Å². The summed E-state index contributed by atoms with van der Waals surface area (Å²) >= 11 is 0. The van der Waals surface area contributed by atoms with Crippen molar-refractivity contribution in [3.63, 3.8) is 0 Å². The number of ketones is 1. The Morgan fingerprint density at radius 2 is 1.87 bits per heavy atom. The first-order valence-electron chi connectivity index (χ1n) is 4.18. The van der Waals surface area contributed by atoms with Gasteiger partial charge in [0.15, 0.2) is 23.2 Å². The molecule has 0 saturated heterocycles. The minimum atomic E-state index is -1.53. The van der Waals surface area contributed by atoms with Crippen molar-refractivity contribution in [1.29, 1.82) is 0 Å². The van der Waals surface area contributed by atoms with E-state index in [9.17, 15) is 18.0 Å². The predicted molar refractivity (Wildman–Crippen MR) is 48.2 cm³/mol. The maximum atomic E-state index is 13.2. The normalized spacial score (nSPS) is 10.9. The lowest BCUT2D eigenvalue weighted by Crippen LogP contribution is -1.90. The van der Waals surface area contributed by atoms with Crippen LogP contribution in [-0.4, -0.2) is 10.8 Å². The molecule has 1 heterocycles. The summed E-state index contributed by atoms with van der Waals surface area (Å²) in [4.78, 5) is 13.5. The number of carbonyl (C=O) groups is 1. The first kappa shape index (κ1) is 9.76. The molecule has 1 aromatic heterocycles. The molecule has 2 nitrogen and oxygen atoms in total. The summed E-state index contributed by atoms with van der Waals surface area (Å²) in [6.07, 6.45) is 0. The van der Waals surface area contributed by atoms with Crippen LogP contribution in [0.1, 0.15) is 17.4 Å². The molecule has 0 saturated carbocycles. The van der Waals surface area contributed by atoms with Crippen molar-refractivity contribution in [3.05, 3.63) is 35.3 Å². The average molecular weight is 213 g/mol. The van der Waals surface area contributed by atoms with E-state index in [2.05, 4.69) is 4.98 Å². The molecule has 0 amide bonds. The van der Waals surface area contributed by atoms with Crippen molar-refractivity contribution >= 4 is 16.7 Å². The van der Waals surface area contributed by atoms with Gasteiger partial charge < -0.3 is 4.98 Å². The van der Waals surface area contributed by atoms with Gasteiger partial charge in [-0.15, -0.1) is 0 Å². The van der Waals surface area contributed by atoms with Gasteiger partial charge >= 0.3 is 0 Å². The number of H-pyrrole nitrogens is 1. The van der Waals surface area contributed by atoms with E-state index in [0.717, 1.165) is 12.1 Å². The van der Waals surface area contributed by atoms with Crippen LogP contribution >= 0.6 is 0 Å². The number of hydrogen-bond donors (Lipinski definition) is 1. The summed E-state index contributed by atoms with van der Waals surface area (Å²) in [7, 11) is 0. The summed E-state index contributed by atoms with van der Waals surface area (Å²) in [5.74, 6) is -4.42. The van der Waals surface area contributed by atoms with E-state index in [1.165, 1.54) is 6.92 Å². The zero-order valence-corrected chi connectivity index (χ0v) is 7.70. The molecule has 2 aromatic rings. The number of nitrogens with one attached hydrogen (secondary N) is 1. The number of fused-ring (bicyclic) bond motifs is 1. The average Bonchev–Trinajstić information content (AvgIpc) is 2.58. The van der Waals surface area contributed by atoms with Crippen LogP contribution in [0, 0.1) is 17.5 Å². The lowest BCUT2D eigenvalue weighted by molar-refractivity contribution is 0.101. The Morgan fingerprint density at radius 3 is 2.47 bits per heavy atom. The van der Waals surface area contributed by atoms with Crippen LogP contribution < -0.4 is 0 Å². The van der Waals surface area contributed by atoms with Gasteiger partial charge in [0.1, 0.15) is 0 Å². The van der Waals surface area contributed by atoms with Crippen molar-refractivity contribution in [2.24, 2.45) is 0 Å². The Kier molecular flexibility index (Phi) is 2.03. The summed E-state index contributed by atoms with van der Waals surface area (Å²) in [6, 6.07) is 1.98. The van der Waals surface area contributed by atoms with Crippen LogP contribution in [0.5, 0.6) is 0 Å². The van der Waals surface area contributed by atoms with Gasteiger partial charge in [-0.05, 0) is 6.07 Å². The second kappa shape index (κ2) is 3.12. The smallest absolute Gasteiger partial charge is 0.195 e. The first-order valence-corrected chi connectivity index (χ1v) is 4.18. The number of rotatable bonds is 1. The quantitative estimate of drug-likeness (QED) is 0.573. The molecule has 1 aromatic carbocycles. The van der Waals surface area contributed by atoms with Gasteiger partial charge in [0.25, 0.3) is 0 Å². The van der Waals surface area contributed by atoms with Crippen molar-refractivity contribution in [2.45, 2.75) is 6.92 Å². The molecule has 0 bridgehead atoms. The lowest BCUT2D eigenvalue weighted by atomic mass is 10.2. The van der Waals surface area contributed by atoms with Crippen LogP contribution in [-0.2, 0) is 0 Å². The molecule has 15 heavy (non-hydrogen) atoms. The largest absolute Gasteiger partial charge is 0.352 e. The van der Waals surface area contributed by atoms with Gasteiger partial charge in [-0.2, -0.15) is 0 Å². The Morgan fingerprint density at radius 1 is 1.20 bits per heavy atom. The molecular weight excluding hydrogens is 207 g/mol. The van der Waals surface area contributed by atoms with Gasteiger partial charge in [0, 0.05) is 18.4 Å². The fourth-order valence-electron chi connectivity index (χ4n) is 1.37. The van der Waals surface area contributed by atoms with E-state index in [0.29, 0.717) is 0 Å². The SMILES string of the molecule is CC(=O)c1cc2c(F)c(F)c(F)cc2[nH]1. The van der Waals surface area contributed by atoms with Crippen molar-refractivity contribution in [3.8, 4) is 0 Å². The summed E-state index contributed by atoms with van der Waals surface area (Å²) < 4.78 is 38.8. The Labute approximate surface area is 82.7 Å². The number of aromatic amines is 1. The van der Waals surface area contributed by atoms with Gasteiger partial charge in [-0.25, -0.2) is 13.2 Å². The third-order valence-corrected chi connectivity index (χ3v) is 2.14. The summed E-state index contributed by atoms with van der Waals surface area (Å²) in [5, 5.41) is -0.126. The molecule has 5 heteroatoms. The molecule has 0 unspecified atom stereocenters. The number of halogens is 3. The van der Waals surface area contributed by atoms with E-state index in [1.54, 1.807) is 0 Å². The maximum Gasteiger partial charge on any atom is 0.195 e. The first-order chi connectivity index (χ1) is 7.00. The van der Waals surface area contributed by atoms with Crippen LogP contribution in [0.25, 0.3) is 10.9 Å². The Bertz CT molecular complexity index is 559. The van der Waals surface area contributed by atoms with E-state index in [1.807, 2.05) is 0 Å². The molecule has 0 atom stereocenters. The van der Waals surface area contributed by atoms with Crippen LogP contribution in [0.4, 0.5) is 13.2 Å². The molecule has 0 aliphatic carbocycles. The molecule has 0 fully saturated rings. The number of carbonyl (C=O) groups excluding carboxylic acids is 1. The highest BCUT2D eigenvalue weighted by molar-refractivity contribution is 5.98. The topological polar surface area (TPSA) is 32.9 Å². The number of Topliss-reactive ketones (excluding diaryl/α,β-unsaturated/α-hetero) is 1. The van der Waals surface area contributed by atoms with Crippen molar-refractivity contribution in [1.82, 2.24) is 4.98 Å². The van der Waals surface area contributed by atoms with Gasteiger partial charge in [-0.1, -0.05) is 0 Å². The molecule has 78 valence electrons. The monoisotopic (exact) mass is 213 g/mol. The summed E-state index contributed by atoms with van der Waals surface area (Å²) in [5.41, 5.74) is 0.186. The molecule has 1 N–H and O–H groups in total. The number of hydrogen-bond acceptors (Lipinski definition) is 1. The highest BCUT2D eigenvalue weighted by Gasteiger charge is 2.16. The zero-order chi connectivity index (χ0) is 11.2. The third kappa shape index (κ3) is 1.40. The summed E-state index contributed by atoms with van der Waals surface area (Å²) in [6.45, 7) is 1.27. The Balaban J connectivity index is 2.82. The molecule has 0 aliphatic rings. The number of aromatic nitrogens is 1. The number of benzene rings is 1. The maximum absolute atomic E-state index is 13.2. The van der Waals surface area contributed by atoms with Gasteiger partial charge in [-0.3, -0.25) is 4.79 Å². The van der Waals surface area contributed by atoms with E-state index >= 15 is 0 Å². The molecule has 0 radical (unpaired) electrons. The standard InChI is InChI=1S/C10H6F3NO/c1-4(15)7-2-5-8(14-7)3-6(11)10(13)9(5)12/h2-3,14H,1H3. The zero-order valence-electron chi connectivity index (χ0n) is 7.70. The second-order valence-electron chi connectivity index (χ2n) is 3.19. The third-order valence-electron chi connectivity index (χ3n) is 2.14. The van der Waals surface area contributed by atoms with E-state index in [4.69, 9.17) is 0 Å². The van der Waals surface area contributed by atoms with Crippen molar-refractivity contribution in [2.75, 3.05) is 0 Å². The van der Waals surface area contributed by atoms with Gasteiger partial charge in [0.2, 0.25) is 0 Å². The second-order valence-corrected chi connectivity index (χ2v) is 3.19. The van der Waals surface area contributed by atoms with Crippen LogP contribution in [0.15, 0.2) is 12.1 Å². The highest BCUT2D eigenvalue weighted by atomic mass is 19.2. The highest BCUT2D eigenvalue weighted by Crippen LogP contribution is 2.23. The predicted octanol–water partition coefficient (Wildman–Crippen LogP) is 2.79. The Hall–Kier alpha value is -1.78. The van der Waals surface area contributed by atoms with E-state index in [-0.39, 0.29) is 22.4 Å². The van der Waals surface area contributed by atoms with E-state index < -0.39 is 17.5 Å². The minimum absolute atomic E-state index is 0.0663. The fraction of sp³-hybridized carbons (Fsp3) is 0.100. The van der Waals surface area contributed by atoms with Crippen LogP contribution in [0.2, 0.25) is 0 Å². The van der Waals surface area contributed by atoms with Crippen LogP contribution in [0.3, 0.4) is 0 Å². The minimum Gasteiger partial charge on any atom is -0.352 e. The fourth-order valence-corrected chi connectivity index (χ4v) is 1.37. The van der Waals surface area contributed by atoms with Gasteiger partial charge in [0.05, 0.1) is 11.2 Å². The lowest BCUT2D eigenvalue weighted by Gasteiger charge is -1.95. The molecular formula is C10H6F3NO.